The van der Waals surface area contributed by atoms with Crippen LogP contribution in [0.5, 0.6) is 23.0 Å². The third kappa shape index (κ3) is 3.69. The normalized spacial score (nSPS) is 13.4. The van der Waals surface area contributed by atoms with Crippen molar-refractivity contribution in [3.8, 4) is 65.0 Å². The summed E-state index contributed by atoms with van der Waals surface area (Å²) in [4.78, 5) is 11.6. The van der Waals surface area contributed by atoms with Crippen molar-refractivity contribution in [3.05, 3.63) is 85.2 Å². The van der Waals surface area contributed by atoms with E-state index < -0.39 is 0 Å². The van der Waals surface area contributed by atoms with Gasteiger partial charge in [-0.15, -0.1) is 22.7 Å². The zero-order chi connectivity index (χ0) is 25.1. The van der Waals surface area contributed by atoms with E-state index in [-0.39, 0.29) is 13.6 Å². The van der Waals surface area contributed by atoms with Crippen LogP contribution in [0.4, 0.5) is 0 Å². The van der Waals surface area contributed by atoms with Crippen LogP contribution < -0.4 is 18.9 Å². The van der Waals surface area contributed by atoms with Crippen LogP contribution in [0.2, 0.25) is 0 Å². The third-order valence-electron chi connectivity index (χ3n) is 6.66. The van der Waals surface area contributed by atoms with E-state index in [1.54, 1.807) is 22.7 Å². The summed E-state index contributed by atoms with van der Waals surface area (Å²) in [5, 5.41) is 4.30. The lowest BCUT2D eigenvalue weighted by Crippen LogP contribution is -1.92. The van der Waals surface area contributed by atoms with E-state index >= 15 is 0 Å². The predicted octanol–water partition coefficient (Wildman–Crippen LogP) is 7.88. The number of fused-ring (bicyclic) bond motifs is 3. The van der Waals surface area contributed by atoms with Crippen LogP contribution in [0.25, 0.3) is 52.8 Å². The molecule has 6 aromatic rings. The highest BCUT2D eigenvalue weighted by Gasteiger charge is 2.17. The minimum Gasteiger partial charge on any atom is -0.454 e. The molecule has 0 fully saturated rings. The fourth-order valence-electron chi connectivity index (χ4n) is 4.69. The Morgan fingerprint density at radius 1 is 0.474 bits per heavy atom. The molecule has 0 saturated carbocycles. The Bertz CT molecular complexity index is 1720. The number of aromatic nitrogens is 2. The third-order valence-corrected chi connectivity index (χ3v) is 8.85. The Balaban J connectivity index is 1.07. The van der Waals surface area contributed by atoms with Gasteiger partial charge in [0.05, 0.1) is 9.75 Å². The lowest BCUT2D eigenvalue weighted by atomic mass is 10.0. The molecule has 6 nitrogen and oxygen atoms in total. The molecule has 0 N–H and O–H groups in total. The van der Waals surface area contributed by atoms with Crippen molar-refractivity contribution in [2.75, 3.05) is 13.6 Å². The predicted molar refractivity (Wildman–Crippen MR) is 149 cm³/mol. The van der Waals surface area contributed by atoms with Crippen LogP contribution in [0.1, 0.15) is 0 Å². The van der Waals surface area contributed by atoms with E-state index in [2.05, 4.69) is 36.4 Å². The van der Waals surface area contributed by atoms with Gasteiger partial charge in [0.2, 0.25) is 13.6 Å². The maximum Gasteiger partial charge on any atom is 0.231 e. The van der Waals surface area contributed by atoms with E-state index in [0.29, 0.717) is 0 Å². The molecule has 0 bridgehead atoms. The second-order valence-corrected chi connectivity index (χ2v) is 11.0. The first-order chi connectivity index (χ1) is 18.8. The number of nitrogens with zero attached hydrogens (tertiary/aromatic N) is 2. The molecule has 4 aromatic carbocycles. The van der Waals surface area contributed by atoms with E-state index in [1.807, 2.05) is 48.8 Å². The number of benzene rings is 4. The van der Waals surface area contributed by atoms with Crippen molar-refractivity contribution in [1.29, 1.82) is 0 Å². The van der Waals surface area contributed by atoms with Gasteiger partial charge in [-0.2, -0.15) is 0 Å². The molecule has 0 saturated heterocycles. The number of ether oxygens (including phenoxy) is 4. The van der Waals surface area contributed by atoms with Crippen molar-refractivity contribution in [2.24, 2.45) is 0 Å². The van der Waals surface area contributed by atoms with Gasteiger partial charge >= 0.3 is 0 Å². The van der Waals surface area contributed by atoms with Crippen LogP contribution in [-0.4, -0.2) is 23.6 Å². The molecule has 0 radical (unpaired) electrons. The first-order valence-electron chi connectivity index (χ1n) is 12.0. The second kappa shape index (κ2) is 8.58. The van der Waals surface area contributed by atoms with Gasteiger partial charge in [-0.3, -0.25) is 0 Å². The first-order valence-corrected chi connectivity index (χ1v) is 13.7. The topological polar surface area (TPSA) is 62.7 Å². The highest BCUT2D eigenvalue weighted by Crippen LogP contribution is 2.41. The van der Waals surface area contributed by atoms with Crippen LogP contribution in [0, 0.1) is 0 Å². The van der Waals surface area contributed by atoms with Crippen molar-refractivity contribution >= 4 is 33.4 Å². The van der Waals surface area contributed by atoms with Gasteiger partial charge in [0.1, 0.15) is 10.0 Å². The van der Waals surface area contributed by atoms with Crippen LogP contribution >= 0.6 is 22.7 Å². The zero-order valence-electron chi connectivity index (χ0n) is 19.8. The van der Waals surface area contributed by atoms with Crippen molar-refractivity contribution in [3.63, 3.8) is 0 Å². The zero-order valence-corrected chi connectivity index (χ0v) is 21.5. The monoisotopic (exact) mass is 534 g/mol. The molecule has 0 aliphatic carbocycles. The lowest BCUT2D eigenvalue weighted by Gasteiger charge is -2.04. The Labute approximate surface area is 225 Å². The van der Waals surface area contributed by atoms with Gasteiger partial charge in [-0.25, -0.2) is 9.97 Å². The van der Waals surface area contributed by atoms with Gasteiger partial charge in [-0.1, -0.05) is 24.3 Å². The van der Waals surface area contributed by atoms with Crippen molar-refractivity contribution < 1.29 is 18.9 Å². The molecule has 38 heavy (non-hydrogen) atoms. The number of thiazole rings is 2. The van der Waals surface area contributed by atoms with Gasteiger partial charge in [0.25, 0.3) is 0 Å². The maximum absolute atomic E-state index is 5.53. The molecule has 2 aliphatic rings. The summed E-state index contributed by atoms with van der Waals surface area (Å²) >= 11 is 3.34. The molecule has 2 aromatic heterocycles. The summed E-state index contributed by atoms with van der Waals surface area (Å²) in [6.45, 7) is 0.546. The van der Waals surface area contributed by atoms with Gasteiger partial charge < -0.3 is 18.9 Å². The number of hydrogen-bond donors (Lipinski definition) is 0. The van der Waals surface area contributed by atoms with E-state index in [0.717, 1.165) is 65.0 Å². The van der Waals surface area contributed by atoms with E-state index in [9.17, 15) is 0 Å². The summed E-state index contributed by atoms with van der Waals surface area (Å²) in [5.74, 6) is 3.13. The minimum absolute atomic E-state index is 0.273. The van der Waals surface area contributed by atoms with Gasteiger partial charge in [0.15, 0.2) is 23.0 Å². The fourth-order valence-corrected chi connectivity index (χ4v) is 6.51. The Hall–Kier alpha value is -4.40. The first kappa shape index (κ1) is 21.7. The highest BCUT2D eigenvalue weighted by atomic mass is 32.1. The molecule has 0 amide bonds. The number of hydrogen-bond acceptors (Lipinski definition) is 8. The standard InChI is InChI=1S/C30H18N2O4S2/c1-3-21(29-31-13-27(37-29)19-5-7-23-25(11-19)35-15-33-23)10-18-2-4-22(9-17(1)18)30-32-14-28(38-30)20-6-8-24-26(12-20)36-16-34-24/h1-14H,15-16H2. The molecular formula is C30H18N2O4S2. The molecule has 0 spiro atoms. The van der Waals surface area contributed by atoms with Crippen molar-refractivity contribution in [1.82, 2.24) is 9.97 Å². The molecule has 184 valence electrons. The van der Waals surface area contributed by atoms with E-state index in [4.69, 9.17) is 28.9 Å². The molecule has 4 heterocycles. The molecular weight excluding hydrogens is 516 g/mol. The molecule has 0 unspecified atom stereocenters. The summed E-state index contributed by atoms with van der Waals surface area (Å²) in [6, 6.07) is 25.0. The van der Waals surface area contributed by atoms with E-state index in [1.165, 1.54) is 10.8 Å². The number of rotatable bonds is 4. The summed E-state index contributed by atoms with van der Waals surface area (Å²) < 4.78 is 21.9. The Kier molecular flexibility index (Phi) is 4.89. The van der Waals surface area contributed by atoms with Crippen LogP contribution in [0.3, 0.4) is 0 Å². The average molecular weight is 535 g/mol. The molecule has 8 rings (SSSR count). The molecule has 8 heteroatoms. The van der Waals surface area contributed by atoms with Gasteiger partial charge in [0, 0.05) is 23.5 Å². The average Bonchev–Trinajstić information content (AvgIpc) is 3.78. The quantitative estimate of drug-likeness (QED) is 0.229. The maximum atomic E-state index is 5.53. The van der Waals surface area contributed by atoms with Crippen LogP contribution in [0.15, 0.2) is 85.2 Å². The Morgan fingerprint density at radius 2 is 0.921 bits per heavy atom. The smallest absolute Gasteiger partial charge is 0.231 e. The highest BCUT2D eigenvalue weighted by molar-refractivity contribution is 7.18. The SMILES string of the molecule is c1cc2c(cc1-c1cnc(-c3ccc4cc(-c5ncc(-c6ccc7c(c6)OCO7)s5)ccc4c3)s1)OCO2. The Morgan fingerprint density at radius 3 is 1.42 bits per heavy atom. The summed E-state index contributed by atoms with van der Waals surface area (Å²) in [5.41, 5.74) is 4.35. The van der Waals surface area contributed by atoms with Crippen LogP contribution in [-0.2, 0) is 0 Å². The summed E-state index contributed by atoms with van der Waals surface area (Å²) in [6.07, 6.45) is 3.84. The fraction of sp³-hybridized carbons (Fsp3) is 0.0667. The second-order valence-electron chi connectivity index (χ2n) is 8.97. The van der Waals surface area contributed by atoms with Crippen molar-refractivity contribution in [2.45, 2.75) is 0 Å². The molecule has 0 atom stereocenters. The molecule has 2 aliphatic heterocycles. The largest absolute Gasteiger partial charge is 0.454 e. The minimum atomic E-state index is 0.273. The van der Waals surface area contributed by atoms with Gasteiger partial charge in [-0.05, 0) is 70.4 Å². The lowest BCUT2D eigenvalue weighted by molar-refractivity contribution is 0.173. The summed E-state index contributed by atoms with van der Waals surface area (Å²) in [7, 11) is 0.